The van der Waals surface area contributed by atoms with Crippen molar-refractivity contribution in [3.05, 3.63) is 95.6 Å². The Balaban J connectivity index is 1.60. The Hall–Kier alpha value is -3.11. The molecule has 0 saturated heterocycles. The molecule has 1 N–H and O–H groups in total. The standard InChI is InChI=1S/C28H34N2O2/c1-4-18-30(19-17-23-9-6-5-7-10-23)22(2)20-24-11-8-12-26(21-24)29-28(31)25-13-15-27(32-3)16-14-25/h5-16,21-22H,4,17-20H2,1-3H3,(H,29,31)/t22-/m1/s1. The van der Waals surface area contributed by atoms with Crippen molar-refractivity contribution in [3.8, 4) is 5.75 Å². The van der Waals surface area contributed by atoms with E-state index in [0.29, 0.717) is 11.6 Å². The number of methoxy groups -OCH3 is 1. The molecule has 1 atom stereocenters. The topological polar surface area (TPSA) is 41.6 Å². The highest BCUT2D eigenvalue weighted by Gasteiger charge is 2.14. The second-order valence-corrected chi connectivity index (χ2v) is 8.21. The first-order valence-electron chi connectivity index (χ1n) is 11.4. The number of rotatable bonds is 11. The van der Waals surface area contributed by atoms with E-state index in [1.807, 2.05) is 12.1 Å². The molecule has 0 heterocycles. The summed E-state index contributed by atoms with van der Waals surface area (Å²) in [6, 6.07) is 26.4. The molecule has 0 bridgehead atoms. The molecule has 0 aromatic heterocycles. The van der Waals surface area contributed by atoms with Gasteiger partial charge in [-0.15, -0.1) is 0 Å². The van der Waals surface area contributed by atoms with E-state index in [2.05, 4.69) is 66.5 Å². The molecule has 0 fully saturated rings. The molecule has 32 heavy (non-hydrogen) atoms. The number of carbonyl (C=O) groups excluding carboxylic acids is 1. The van der Waals surface area contributed by atoms with Crippen molar-refractivity contribution in [3.63, 3.8) is 0 Å². The Bertz CT molecular complexity index is 970. The number of benzene rings is 3. The van der Waals surface area contributed by atoms with E-state index in [1.54, 1.807) is 31.4 Å². The molecule has 0 aliphatic rings. The lowest BCUT2D eigenvalue weighted by atomic mass is 10.0. The molecule has 3 aromatic rings. The molecular formula is C28H34N2O2. The van der Waals surface area contributed by atoms with Crippen LogP contribution in [-0.4, -0.2) is 37.0 Å². The lowest BCUT2D eigenvalue weighted by Crippen LogP contribution is -2.37. The number of hydrogen-bond donors (Lipinski definition) is 1. The fraction of sp³-hybridized carbons (Fsp3) is 0.321. The van der Waals surface area contributed by atoms with Gasteiger partial charge in [0.05, 0.1) is 7.11 Å². The summed E-state index contributed by atoms with van der Waals surface area (Å²) >= 11 is 0. The Labute approximate surface area is 192 Å². The van der Waals surface area contributed by atoms with Crippen LogP contribution in [0.5, 0.6) is 5.75 Å². The first-order chi connectivity index (χ1) is 15.6. The maximum absolute atomic E-state index is 12.6. The summed E-state index contributed by atoms with van der Waals surface area (Å²) in [5, 5.41) is 3.02. The van der Waals surface area contributed by atoms with Gasteiger partial charge in [-0.2, -0.15) is 0 Å². The third kappa shape index (κ3) is 6.96. The fourth-order valence-electron chi connectivity index (χ4n) is 3.95. The highest BCUT2D eigenvalue weighted by atomic mass is 16.5. The maximum Gasteiger partial charge on any atom is 0.255 e. The van der Waals surface area contributed by atoms with Gasteiger partial charge in [0.1, 0.15) is 5.75 Å². The lowest BCUT2D eigenvalue weighted by molar-refractivity contribution is 0.102. The molecule has 0 spiro atoms. The van der Waals surface area contributed by atoms with E-state index in [0.717, 1.165) is 43.8 Å². The van der Waals surface area contributed by atoms with Crippen molar-refractivity contribution in [2.45, 2.75) is 39.2 Å². The van der Waals surface area contributed by atoms with Crippen molar-refractivity contribution in [1.82, 2.24) is 4.90 Å². The van der Waals surface area contributed by atoms with Crippen LogP contribution in [0.25, 0.3) is 0 Å². The molecule has 168 valence electrons. The molecule has 0 saturated carbocycles. The average Bonchev–Trinajstić information content (AvgIpc) is 2.82. The average molecular weight is 431 g/mol. The van der Waals surface area contributed by atoms with E-state index < -0.39 is 0 Å². The van der Waals surface area contributed by atoms with Gasteiger partial charge in [0.15, 0.2) is 0 Å². The number of amides is 1. The first kappa shape index (κ1) is 23.6. The number of anilines is 1. The summed E-state index contributed by atoms with van der Waals surface area (Å²) in [5.74, 6) is 0.620. The summed E-state index contributed by atoms with van der Waals surface area (Å²) in [6.45, 7) is 6.66. The summed E-state index contributed by atoms with van der Waals surface area (Å²) in [6.07, 6.45) is 3.14. The molecule has 3 rings (SSSR count). The molecule has 0 radical (unpaired) electrons. The Kier molecular flexibility index (Phi) is 8.88. The minimum Gasteiger partial charge on any atom is -0.497 e. The predicted molar refractivity (Wildman–Crippen MR) is 133 cm³/mol. The normalized spacial score (nSPS) is 11.9. The maximum atomic E-state index is 12.6. The second kappa shape index (κ2) is 12.1. The van der Waals surface area contributed by atoms with Crippen molar-refractivity contribution in [1.29, 1.82) is 0 Å². The van der Waals surface area contributed by atoms with Crippen LogP contribution in [-0.2, 0) is 12.8 Å². The zero-order valence-corrected chi connectivity index (χ0v) is 19.4. The predicted octanol–water partition coefficient (Wildman–Crippen LogP) is 5.83. The largest absolute Gasteiger partial charge is 0.497 e. The van der Waals surface area contributed by atoms with Crippen molar-refractivity contribution < 1.29 is 9.53 Å². The minimum atomic E-state index is -0.117. The lowest BCUT2D eigenvalue weighted by Gasteiger charge is -2.29. The molecule has 0 unspecified atom stereocenters. The van der Waals surface area contributed by atoms with Crippen LogP contribution in [0.3, 0.4) is 0 Å². The molecule has 4 nitrogen and oxygen atoms in total. The minimum absolute atomic E-state index is 0.117. The molecule has 0 aliphatic heterocycles. The van der Waals surface area contributed by atoms with E-state index >= 15 is 0 Å². The number of carbonyl (C=O) groups is 1. The highest BCUT2D eigenvalue weighted by molar-refractivity contribution is 6.04. The van der Waals surface area contributed by atoms with E-state index in [-0.39, 0.29) is 5.91 Å². The van der Waals surface area contributed by atoms with E-state index in [1.165, 1.54) is 11.1 Å². The van der Waals surface area contributed by atoms with Gasteiger partial charge >= 0.3 is 0 Å². The van der Waals surface area contributed by atoms with Gasteiger partial charge in [-0.25, -0.2) is 0 Å². The molecule has 0 aliphatic carbocycles. The first-order valence-corrected chi connectivity index (χ1v) is 11.4. The Morgan fingerprint density at radius 3 is 2.34 bits per heavy atom. The van der Waals surface area contributed by atoms with Crippen molar-refractivity contribution in [2.24, 2.45) is 0 Å². The summed E-state index contributed by atoms with van der Waals surface area (Å²) in [4.78, 5) is 15.2. The molecule has 3 aromatic carbocycles. The van der Waals surface area contributed by atoms with Crippen LogP contribution in [0.15, 0.2) is 78.9 Å². The van der Waals surface area contributed by atoms with Crippen LogP contribution in [0.1, 0.15) is 41.8 Å². The summed E-state index contributed by atoms with van der Waals surface area (Å²) in [7, 11) is 1.62. The SMILES string of the molecule is CCCN(CCc1ccccc1)[C@H](C)Cc1cccc(NC(=O)c2ccc(OC)cc2)c1. The monoisotopic (exact) mass is 430 g/mol. The van der Waals surface area contributed by atoms with Gasteiger partial charge in [-0.05, 0) is 80.3 Å². The van der Waals surface area contributed by atoms with Crippen molar-refractivity contribution >= 4 is 11.6 Å². The number of nitrogens with one attached hydrogen (secondary N) is 1. The number of hydrogen-bond acceptors (Lipinski definition) is 3. The Morgan fingerprint density at radius 1 is 0.938 bits per heavy atom. The van der Waals surface area contributed by atoms with Gasteiger partial charge in [0.25, 0.3) is 5.91 Å². The fourth-order valence-corrected chi connectivity index (χ4v) is 3.95. The van der Waals surface area contributed by atoms with Crippen LogP contribution >= 0.6 is 0 Å². The molecule has 4 heteroatoms. The quantitative estimate of drug-likeness (QED) is 0.416. The smallest absolute Gasteiger partial charge is 0.255 e. The highest BCUT2D eigenvalue weighted by Crippen LogP contribution is 2.17. The number of ether oxygens (including phenoxy) is 1. The molecule has 1 amide bonds. The van der Waals surface area contributed by atoms with Gasteiger partial charge < -0.3 is 15.0 Å². The Morgan fingerprint density at radius 2 is 1.66 bits per heavy atom. The third-order valence-corrected chi connectivity index (χ3v) is 5.73. The zero-order chi connectivity index (χ0) is 22.8. The van der Waals surface area contributed by atoms with Gasteiger partial charge in [-0.1, -0.05) is 49.4 Å². The zero-order valence-electron chi connectivity index (χ0n) is 19.4. The van der Waals surface area contributed by atoms with Crippen molar-refractivity contribution in [2.75, 3.05) is 25.5 Å². The van der Waals surface area contributed by atoms with Crippen LogP contribution in [0.4, 0.5) is 5.69 Å². The second-order valence-electron chi connectivity index (χ2n) is 8.21. The number of nitrogens with zero attached hydrogens (tertiary/aromatic N) is 1. The van der Waals surface area contributed by atoms with Crippen LogP contribution < -0.4 is 10.1 Å². The van der Waals surface area contributed by atoms with E-state index in [4.69, 9.17) is 4.74 Å². The van der Waals surface area contributed by atoms with E-state index in [9.17, 15) is 4.79 Å². The van der Waals surface area contributed by atoms with Crippen LogP contribution in [0, 0.1) is 0 Å². The van der Waals surface area contributed by atoms with Crippen LogP contribution in [0.2, 0.25) is 0 Å². The molecular weight excluding hydrogens is 396 g/mol. The summed E-state index contributed by atoms with van der Waals surface area (Å²) < 4.78 is 5.16. The third-order valence-electron chi connectivity index (χ3n) is 5.73. The van der Waals surface area contributed by atoms with Gasteiger partial charge in [0.2, 0.25) is 0 Å². The van der Waals surface area contributed by atoms with Gasteiger partial charge in [0, 0.05) is 23.8 Å². The summed E-state index contributed by atoms with van der Waals surface area (Å²) in [5.41, 5.74) is 4.04. The van der Waals surface area contributed by atoms with Gasteiger partial charge in [-0.3, -0.25) is 4.79 Å².